The number of aryl methyl sites for hydroxylation is 4. The molecule has 0 spiro atoms. The Kier molecular flexibility index (Phi) is 6.00. The lowest BCUT2D eigenvalue weighted by atomic mass is 9.88. The number of aromatic nitrogens is 4. The third kappa shape index (κ3) is 4.44. The highest BCUT2D eigenvalue weighted by Gasteiger charge is 2.26. The van der Waals surface area contributed by atoms with Gasteiger partial charge >= 0.3 is 0 Å². The molecule has 0 N–H and O–H groups in total. The molecule has 0 saturated carbocycles. The number of nitrogens with zero attached hydrogens (tertiary/aromatic N) is 6. The van der Waals surface area contributed by atoms with Crippen LogP contribution in [-0.2, 0) is 39.3 Å². The molecule has 3 aromatic rings. The lowest BCUT2D eigenvalue weighted by molar-refractivity contribution is -0.674. The summed E-state index contributed by atoms with van der Waals surface area (Å²) >= 11 is 0. The highest BCUT2D eigenvalue weighted by Crippen LogP contribution is 2.31. The standard InChI is InChI=1S/C24H32N6O2/c1-23(2,25-19(31)21-27(5)12-13-28(21)6)17-10-9-11-18(16-17)24(3,4)26-20(32)22-29(7)14-15-30(22)8/h9-16H,1-8H3. The Morgan fingerprint density at radius 3 is 1.47 bits per heavy atom. The quantitative estimate of drug-likeness (QED) is 0.312. The molecule has 32 heavy (non-hydrogen) atoms. The summed E-state index contributed by atoms with van der Waals surface area (Å²) in [6, 6.07) is 7.78. The number of hydrogen-bond acceptors (Lipinski definition) is 4. The van der Waals surface area contributed by atoms with E-state index >= 15 is 0 Å². The lowest BCUT2D eigenvalue weighted by Crippen LogP contribution is -2.41. The first-order valence-electron chi connectivity index (χ1n) is 10.5. The van der Waals surface area contributed by atoms with Crippen LogP contribution in [0.25, 0.3) is 0 Å². The molecular weight excluding hydrogens is 404 g/mol. The van der Waals surface area contributed by atoms with E-state index in [0.717, 1.165) is 11.1 Å². The van der Waals surface area contributed by atoms with E-state index in [0.29, 0.717) is 11.6 Å². The summed E-state index contributed by atoms with van der Waals surface area (Å²) in [7, 11) is 7.29. The van der Waals surface area contributed by atoms with E-state index in [1.807, 2.05) is 105 Å². The minimum absolute atomic E-state index is 0.286. The third-order valence-electron chi connectivity index (χ3n) is 5.78. The summed E-state index contributed by atoms with van der Waals surface area (Å²) in [5, 5.41) is 25.8. The number of benzene rings is 1. The van der Waals surface area contributed by atoms with Crippen LogP contribution < -0.4 is 19.3 Å². The monoisotopic (exact) mass is 436 g/mol. The van der Waals surface area contributed by atoms with Crippen LogP contribution in [0.1, 0.15) is 50.5 Å². The van der Waals surface area contributed by atoms with Crippen molar-refractivity contribution in [2.75, 3.05) is 0 Å². The molecule has 0 saturated heterocycles. The van der Waals surface area contributed by atoms with E-state index < -0.39 is 11.1 Å². The summed E-state index contributed by atoms with van der Waals surface area (Å²) in [6.45, 7) is 7.64. The molecule has 0 aliphatic rings. The molecule has 0 aliphatic heterocycles. The predicted molar refractivity (Wildman–Crippen MR) is 119 cm³/mol. The topological polar surface area (TPSA) is 88.5 Å². The van der Waals surface area contributed by atoms with Gasteiger partial charge in [0.2, 0.25) is 0 Å². The van der Waals surface area contributed by atoms with Crippen molar-refractivity contribution >= 4 is 11.8 Å². The van der Waals surface area contributed by atoms with E-state index in [1.54, 1.807) is 18.3 Å². The van der Waals surface area contributed by atoms with Gasteiger partial charge in [0.25, 0.3) is 11.6 Å². The maximum Gasteiger partial charge on any atom is 0.291 e. The number of aliphatic imine (C=N–C) groups is 2. The molecule has 2 heterocycles. The van der Waals surface area contributed by atoms with Gasteiger partial charge in [0.05, 0.1) is 51.1 Å². The zero-order chi connectivity index (χ0) is 23.8. The molecule has 0 unspecified atom stereocenters. The van der Waals surface area contributed by atoms with Crippen LogP contribution in [0.15, 0.2) is 59.0 Å². The molecule has 0 bridgehead atoms. The first kappa shape index (κ1) is 23.2. The fourth-order valence-electron chi connectivity index (χ4n) is 3.80. The van der Waals surface area contributed by atoms with Gasteiger partial charge in [-0.1, -0.05) is 24.3 Å². The van der Waals surface area contributed by atoms with Crippen LogP contribution in [0.5, 0.6) is 0 Å². The molecular formula is C24H32N6O2. The van der Waals surface area contributed by atoms with Gasteiger partial charge in [0, 0.05) is 0 Å². The summed E-state index contributed by atoms with van der Waals surface area (Å²) in [5.74, 6) is 0.438. The van der Waals surface area contributed by atoms with Gasteiger partial charge in [0.1, 0.15) is 24.8 Å². The van der Waals surface area contributed by atoms with Gasteiger partial charge in [-0.25, -0.2) is 18.3 Å². The summed E-state index contributed by atoms with van der Waals surface area (Å²) in [4.78, 5) is 9.01. The van der Waals surface area contributed by atoms with Gasteiger partial charge in [-0.3, -0.25) is 9.98 Å². The highest BCUT2D eigenvalue weighted by molar-refractivity contribution is 5.86. The lowest BCUT2D eigenvalue weighted by Gasteiger charge is -2.28. The Bertz CT molecular complexity index is 1070. The SMILES string of the molecule is Cn1cc[n+](C)c1C([O-])=NC(C)(C)c1cccc(C(C)(C)N=C([O-])c2n(C)cc[n+]2C)c1. The van der Waals surface area contributed by atoms with Crippen LogP contribution >= 0.6 is 0 Å². The van der Waals surface area contributed by atoms with Crippen molar-refractivity contribution in [2.24, 2.45) is 38.2 Å². The van der Waals surface area contributed by atoms with Crippen molar-refractivity contribution in [3.8, 4) is 0 Å². The Labute approximate surface area is 189 Å². The van der Waals surface area contributed by atoms with E-state index in [2.05, 4.69) is 9.98 Å². The molecule has 170 valence electrons. The van der Waals surface area contributed by atoms with Gasteiger partial charge in [-0.05, 0) is 38.8 Å². The van der Waals surface area contributed by atoms with E-state index in [4.69, 9.17) is 0 Å². The summed E-state index contributed by atoms with van der Waals surface area (Å²) in [6.07, 6.45) is 7.29. The minimum Gasteiger partial charge on any atom is -0.853 e. The van der Waals surface area contributed by atoms with Crippen molar-refractivity contribution < 1.29 is 19.3 Å². The Morgan fingerprint density at radius 2 is 1.16 bits per heavy atom. The molecule has 3 rings (SSSR count). The largest absolute Gasteiger partial charge is 0.853 e. The van der Waals surface area contributed by atoms with Crippen molar-refractivity contribution in [3.05, 3.63) is 71.8 Å². The number of hydrogen-bond donors (Lipinski definition) is 0. The zero-order valence-corrected chi connectivity index (χ0v) is 20.1. The Balaban J connectivity index is 1.98. The maximum absolute atomic E-state index is 12.9. The van der Waals surface area contributed by atoms with Gasteiger partial charge in [-0.15, -0.1) is 0 Å². The molecule has 8 nitrogen and oxygen atoms in total. The molecule has 8 heteroatoms. The molecule has 0 aliphatic carbocycles. The Morgan fingerprint density at radius 1 is 0.781 bits per heavy atom. The van der Waals surface area contributed by atoms with Crippen LogP contribution in [0.2, 0.25) is 0 Å². The van der Waals surface area contributed by atoms with Crippen molar-refractivity contribution in [1.82, 2.24) is 9.13 Å². The van der Waals surface area contributed by atoms with Crippen molar-refractivity contribution in [2.45, 2.75) is 38.8 Å². The summed E-state index contributed by atoms with van der Waals surface area (Å²) in [5.41, 5.74) is 0.241. The molecule has 0 amide bonds. The molecule has 0 fully saturated rings. The predicted octanol–water partition coefficient (Wildman–Crippen LogP) is 0.0970. The van der Waals surface area contributed by atoms with Crippen molar-refractivity contribution in [1.29, 1.82) is 0 Å². The van der Waals surface area contributed by atoms with E-state index in [-0.39, 0.29) is 11.8 Å². The zero-order valence-electron chi connectivity index (χ0n) is 20.1. The smallest absolute Gasteiger partial charge is 0.291 e. The van der Waals surface area contributed by atoms with E-state index in [9.17, 15) is 10.2 Å². The first-order chi connectivity index (χ1) is 14.8. The fourth-order valence-corrected chi connectivity index (χ4v) is 3.80. The van der Waals surface area contributed by atoms with Crippen LogP contribution in [0, 0.1) is 0 Å². The summed E-state index contributed by atoms with van der Waals surface area (Å²) < 4.78 is 7.04. The highest BCUT2D eigenvalue weighted by atomic mass is 16.3. The first-order valence-corrected chi connectivity index (χ1v) is 10.5. The van der Waals surface area contributed by atoms with Crippen LogP contribution in [-0.4, -0.2) is 20.9 Å². The second-order valence-corrected chi connectivity index (χ2v) is 9.22. The minimum atomic E-state index is -0.755. The molecule has 0 radical (unpaired) electrons. The van der Waals surface area contributed by atoms with Crippen LogP contribution in [0.3, 0.4) is 0 Å². The molecule has 2 aromatic heterocycles. The fraction of sp³-hybridized carbons (Fsp3) is 0.417. The van der Waals surface area contributed by atoms with Gasteiger partial charge in [-0.2, -0.15) is 0 Å². The second kappa shape index (κ2) is 8.26. The second-order valence-electron chi connectivity index (χ2n) is 9.22. The normalized spacial score (nSPS) is 13.6. The molecule has 1 aromatic carbocycles. The average Bonchev–Trinajstić information content (AvgIpc) is 3.21. The third-order valence-corrected chi connectivity index (χ3v) is 5.78. The number of imidazole rings is 2. The van der Waals surface area contributed by atoms with Gasteiger partial charge < -0.3 is 10.2 Å². The van der Waals surface area contributed by atoms with E-state index in [1.165, 1.54) is 0 Å². The Hall–Kier alpha value is -3.42. The maximum atomic E-state index is 12.9. The average molecular weight is 437 g/mol. The van der Waals surface area contributed by atoms with Crippen molar-refractivity contribution in [3.63, 3.8) is 0 Å². The van der Waals surface area contributed by atoms with Crippen LogP contribution in [0.4, 0.5) is 0 Å². The number of rotatable bonds is 6. The molecule has 0 atom stereocenters. The van der Waals surface area contributed by atoms with Gasteiger partial charge in [0.15, 0.2) is 0 Å².